The minimum atomic E-state index is -4.45. The zero-order valence-corrected chi connectivity index (χ0v) is 13.0. The molecule has 4 nitrogen and oxygen atoms in total. The quantitative estimate of drug-likeness (QED) is 0.802. The van der Waals surface area contributed by atoms with Gasteiger partial charge in [-0.2, -0.15) is 13.2 Å². The number of hydrogen-bond acceptors (Lipinski definition) is 2. The van der Waals surface area contributed by atoms with Crippen LogP contribution in [0.1, 0.15) is 11.1 Å². The number of carbonyl (C=O) groups is 1. The highest BCUT2D eigenvalue weighted by atomic mass is 19.4. The van der Waals surface area contributed by atoms with Crippen molar-refractivity contribution in [2.45, 2.75) is 13.1 Å². The van der Waals surface area contributed by atoms with Crippen molar-refractivity contribution in [3.63, 3.8) is 0 Å². The molecule has 0 spiro atoms. The summed E-state index contributed by atoms with van der Waals surface area (Å²) in [6.07, 6.45) is -4.45. The molecule has 128 valence electrons. The summed E-state index contributed by atoms with van der Waals surface area (Å²) < 4.78 is 43.2. The van der Waals surface area contributed by atoms with Gasteiger partial charge in [-0.25, -0.2) is 4.79 Å². The molecule has 24 heavy (non-hydrogen) atoms. The second kappa shape index (κ2) is 7.72. The number of halogens is 3. The van der Waals surface area contributed by atoms with Crippen molar-refractivity contribution >= 4 is 11.7 Å². The normalized spacial score (nSPS) is 11.0. The van der Waals surface area contributed by atoms with Crippen LogP contribution in [0, 0.1) is 6.92 Å². The predicted octanol–water partition coefficient (Wildman–Crippen LogP) is 4.21. The van der Waals surface area contributed by atoms with Gasteiger partial charge in [0, 0.05) is 5.69 Å². The highest BCUT2D eigenvalue weighted by Gasteiger charge is 2.30. The Morgan fingerprint density at radius 3 is 2.50 bits per heavy atom. The van der Waals surface area contributed by atoms with Gasteiger partial charge in [0.15, 0.2) is 0 Å². The van der Waals surface area contributed by atoms with E-state index in [1.54, 1.807) is 0 Å². The number of aryl methyl sites for hydroxylation is 1. The van der Waals surface area contributed by atoms with Crippen LogP contribution in [0.5, 0.6) is 5.75 Å². The Morgan fingerprint density at radius 1 is 1.12 bits per heavy atom. The van der Waals surface area contributed by atoms with Gasteiger partial charge in [0.05, 0.1) is 12.1 Å². The molecule has 0 saturated heterocycles. The monoisotopic (exact) mass is 338 g/mol. The molecule has 0 bridgehead atoms. The molecular formula is C17H17F3N2O2. The SMILES string of the molecule is Cc1ccc(OCCNC(=O)Nc2cccc(C(F)(F)F)c2)cc1. The summed E-state index contributed by atoms with van der Waals surface area (Å²) in [7, 11) is 0. The number of anilines is 1. The van der Waals surface area contributed by atoms with Crippen molar-refractivity contribution in [1.82, 2.24) is 5.32 Å². The molecule has 0 heterocycles. The highest BCUT2D eigenvalue weighted by Crippen LogP contribution is 2.30. The number of rotatable bonds is 5. The molecule has 0 saturated carbocycles. The third-order valence-electron chi connectivity index (χ3n) is 3.13. The van der Waals surface area contributed by atoms with E-state index in [0.717, 1.165) is 17.7 Å². The van der Waals surface area contributed by atoms with Gasteiger partial charge < -0.3 is 15.4 Å². The lowest BCUT2D eigenvalue weighted by Crippen LogP contribution is -2.32. The van der Waals surface area contributed by atoms with Crippen LogP contribution in [0.3, 0.4) is 0 Å². The standard InChI is InChI=1S/C17H17F3N2O2/c1-12-5-7-15(8-6-12)24-10-9-21-16(23)22-14-4-2-3-13(11-14)17(18,19)20/h2-8,11H,9-10H2,1H3,(H2,21,22,23). The predicted molar refractivity (Wildman–Crippen MR) is 85.1 cm³/mol. The number of urea groups is 1. The van der Waals surface area contributed by atoms with E-state index < -0.39 is 17.8 Å². The number of nitrogens with one attached hydrogen (secondary N) is 2. The van der Waals surface area contributed by atoms with Crippen LogP contribution in [0.15, 0.2) is 48.5 Å². The van der Waals surface area contributed by atoms with E-state index in [0.29, 0.717) is 5.75 Å². The van der Waals surface area contributed by atoms with Crippen LogP contribution < -0.4 is 15.4 Å². The van der Waals surface area contributed by atoms with Gasteiger partial charge in [-0.3, -0.25) is 0 Å². The van der Waals surface area contributed by atoms with Crippen LogP contribution in [0.4, 0.5) is 23.7 Å². The summed E-state index contributed by atoms with van der Waals surface area (Å²) in [6, 6.07) is 11.3. The Kier molecular flexibility index (Phi) is 5.68. The fraction of sp³-hybridized carbons (Fsp3) is 0.235. The first-order valence-electron chi connectivity index (χ1n) is 7.26. The molecule has 2 amide bonds. The molecule has 0 fully saturated rings. The Hall–Kier alpha value is -2.70. The van der Waals surface area contributed by atoms with Gasteiger partial charge in [-0.15, -0.1) is 0 Å². The van der Waals surface area contributed by atoms with Crippen molar-refractivity contribution in [3.05, 3.63) is 59.7 Å². The first-order valence-corrected chi connectivity index (χ1v) is 7.26. The molecule has 0 aliphatic heterocycles. The van der Waals surface area contributed by atoms with Crippen LogP contribution in [0.25, 0.3) is 0 Å². The lowest BCUT2D eigenvalue weighted by molar-refractivity contribution is -0.137. The lowest BCUT2D eigenvalue weighted by Gasteiger charge is -2.11. The Morgan fingerprint density at radius 2 is 1.83 bits per heavy atom. The van der Waals surface area contributed by atoms with Crippen LogP contribution in [-0.4, -0.2) is 19.2 Å². The summed E-state index contributed by atoms with van der Waals surface area (Å²) >= 11 is 0. The topological polar surface area (TPSA) is 50.4 Å². The number of benzene rings is 2. The van der Waals surface area contributed by atoms with Crippen molar-refractivity contribution in [2.24, 2.45) is 0 Å². The van der Waals surface area contributed by atoms with Crippen molar-refractivity contribution in [3.8, 4) is 5.75 Å². The lowest BCUT2D eigenvalue weighted by atomic mass is 10.2. The summed E-state index contributed by atoms with van der Waals surface area (Å²) in [5.74, 6) is 0.681. The minimum Gasteiger partial charge on any atom is -0.492 e. The largest absolute Gasteiger partial charge is 0.492 e. The van der Waals surface area contributed by atoms with E-state index in [-0.39, 0.29) is 18.8 Å². The Balaban J connectivity index is 1.76. The summed E-state index contributed by atoms with van der Waals surface area (Å²) in [4.78, 5) is 11.7. The molecule has 0 aromatic heterocycles. The van der Waals surface area contributed by atoms with Crippen molar-refractivity contribution in [1.29, 1.82) is 0 Å². The molecule has 0 unspecified atom stereocenters. The van der Waals surface area contributed by atoms with Gasteiger partial charge in [-0.1, -0.05) is 23.8 Å². The minimum absolute atomic E-state index is 0.0711. The smallest absolute Gasteiger partial charge is 0.416 e. The van der Waals surface area contributed by atoms with Crippen LogP contribution >= 0.6 is 0 Å². The molecule has 0 radical (unpaired) electrons. The molecule has 0 aliphatic carbocycles. The van der Waals surface area contributed by atoms with Gasteiger partial charge >= 0.3 is 12.2 Å². The second-order valence-corrected chi connectivity index (χ2v) is 5.12. The maximum absolute atomic E-state index is 12.6. The van der Waals surface area contributed by atoms with E-state index in [1.165, 1.54) is 12.1 Å². The van der Waals surface area contributed by atoms with Gasteiger partial charge in [0.2, 0.25) is 0 Å². The van der Waals surface area contributed by atoms with Gasteiger partial charge in [-0.05, 0) is 37.3 Å². The zero-order valence-electron chi connectivity index (χ0n) is 13.0. The van der Waals surface area contributed by atoms with E-state index in [2.05, 4.69) is 10.6 Å². The number of amides is 2. The van der Waals surface area contributed by atoms with Crippen LogP contribution in [0.2, 0.25) is 0 Å². The van der Waals surface area contributed by atoms with Gasteiger partial charge in [0.25, 0.3) is 0 Å². The molecule has 0 aliphatic rings. The van der Waals surface area contributed by atoms with E-state index in [1.807, 2.05) is 31.2 Å². The highest BCUT2D eigenvalue weighted by molar-refractivity contribution is 5.89. The third-order valence-corrected chi connectivity index (χ3v) is 3.13. The second-order valence-electron chi connectivity index (χ2n) is 5.12. The zero-order chi connectivity index (χ0) is 17.6. The number of alkyl halides is 3. The number of hydrogen-bond donors (Lipinski definition) is 2. The summed E-state index contributed by atoms with van der Waals surface area (Å²) in [5, 5.41) is 4.87. The molecule has 2 N–H and O–H groups in total. The average molecular weight is 338 g/mol. The first-order chi connectivity index (χ1) is 11.3. The van der Waals surface area contributed by atoms with E-state index in [4.69, 9.17) is 4.74 Å². The molecule has 7 heteroatoms. The first kappa shape index (κ1) is 17.7. The molecular weight excluding hydrogens is 321 g/mol. The van der Waals surface area contributed by atoms with Crippen molar-refractivity contribution in [2.75, 3.05) is 18.5 Å². The van der Waals surface area contributed by atoms with Crippen LogP contribution in [-0.2, 0) is 6.18 Å². The fourth-order valence-corrected chi connectivity index (χ4v) is 1.92. The Labute approximate surface area is 137 Å². The maximum atomic E-state index is 12.6. The summed E-state index contributed by atoms with van der Waals surface area (Å²) in [6.45, 7) is 2.43. The molecule has 0 atom stereocenters. The summed E-state index contributed by atoms with van der Waals surface area (Å²) in [5.41, 5.74) is 0.366. The molecule has 2 aromatic carbocycles. The average Bonchev–Trinajstić information content (AvgIpc) is 2.53. The molecule has 2 rings (SSSR count). The molecule has 2 aromatic rings. The fourth-order valence-electron chi connectivity index (χ4n) is 1.92. The van der Waals surface area contributed by atoms with E-state index >= 15 is 0 Å². The maximum Gasteiger partial charge on any atom is 0.416 e. The number of ether oxygens (including phenoxy) is 1. The third kappa shape index (κ3) is 5.49. The van der Waals surface area contributed by atoms with Crippen molar-refractivity contribution < 1.29 is 22.7 Å². The Bertz CT molecular complexity index is 685. The van der Waals surface area contributed by atoms with E-state index in [9.17, 15) is 18.0 Å². The van der Waals surface area contributed by atoms with Gasteiger partial charge in [0.1, 0.15) is 12.4 Å². The number of carbonyl (C=O) groups excluding carboxylic acids is 1.